The number of aliphatic hydroxyl groups excluding tert-OH is 1. The summed E-state index contributed by atoms with van der Waals surface area (Å²) in [5.41, 5.74) is -0.296. The Bertz CT molecular complexity index is 333. The number of aromatic nitrogens is 1. The first-order valence-corrected chi connectivity index (χ1v) is 4.80. The second-order valence-corrected chi connectivity index (χ2v) is 3.64. The molecule has 6 heteroatoms. The van der Waals surface area contributed by atoms with Crippen LogP contribution in [0, 0.1) is 3.57 Å². The molecule has 1 heterocycles. The molecule has 0 saturated carbocycles. The van der Waals surface area contributed by atoms with Gasteiger partial charge in [-0.1, -0.05) is 0 Å². The molecule has 0 aromatic carbocycles. The number of hydrogen-bond acceptors (Lipinski definition) is 3. The van der Waals surface area contributed by atoms with E-state index in [1.165, 1.54) is 13.2 Å². The molecule has 1 rings (SSSR count). The number of ether oxygens (including phenoxy) is 1. The summed E-state index contributed by atoms with van der Waals surface area (Å²) in [6.07, 6.45) is -2.64. The average molecular weight is 315 g/mol. The zero-order chi connectivity index (χ0) is 10.7. The molecule has 0 spiro atoms. The van der Waals surface area contributed by atoms with Crippen molar-refractivity contribution in [1.29, 1.82) is 0 Å². The molecule has 0 amide bonds. The Morgan fingerprint density at radius 3 is 2.71 bits per heavy atom. The van der Waals surface area contributed by atoms with Crippen LogP contribution in [0.5, 0.6) is 5.88 Å². The highest BCUT2D eigenvalue weighted by molar-refractivity contribution is 14.1. The maximum Gasteiger partial charge on any atom is 0.265 e. The molecular formula is C8H8F2INO2. The van der Waals surface area contributed by atoms with Crippen molar-refractivity contribution < 1.29 is 18.6 Å². The standard InChI is InChI=1S/C8H8F2INO2/c1-14-8-5(11)2-4(7(9)10)6(3-13)12-8/h2,7,13H,3H2,1H3. The molecule has 3 nitrogen and oxygen atoms in total. The lowest BCUT2D eigenvalue weighted by molar-refractivity contribution is 0.145. The van der Waals surface area contributed by atoms with Gasteiger partial charge in [0.15, 0.2) is 0 Å². The van der Waals surface area contributed by atoms with Gasteiger partial charge in [0.05, 0.1) is 23.0 Å². The highest BCUT2D eigenvalue weighted by Gasteiger charge is 2.17. The van der Waals surface area contributed by atoms with Gasteiger partial charge >= 0.3 is 0 Å². The molecule has 0 unspecified atom stereocenters. The number of nitrogens with zero attached hydrogens (tertiary/aromatic N) is 1. The summed E-state index contributed by atoms with van der Waals surface area (Å²) in [5.74, 6) is 0.249. The number of aliphatic hydroxyl groups is 1. The minimum Gasteiger partial charge on any atom is -0.480 e. The zero-order valence-electron chi connectivity index (χ0n) is 7.30. The van der Waals surface area contributed by atoms with Gasteiger partial charge in [-0.3, -0.25) is 0 Å². The molecule has 0 radical (unpaired) electrons. The minimum atomic E-state index is -2.64. The van der Waals surface area contributed by atoms with E-state index in [1.54, 1.807) is 0 Å². The summed E-state index contributed by atoms with van der Waals surface area (Å²) < 4.78 is 30.2. The van der Waals surface area contributed by atoms with Crippen molar-refractivity contribution in [1.82, 2.24) is 4.98 Å². The van der Waals surface area contributed by atoms with Crippen LogP contribution in [0.3, 0.4) is 0 Å². The number of hydrogen-bond donors (Lipinski definition) is 1. The second-order valence-electron chi connectivity index (χ2n) is 2.47. The third kappa shape index (κ3) is 2.30. The van der Waals surface area contributed by atoms with Crippen LogP contribution >= 0.6 is 22.6 Å². The molecule has 0 atom stereocenters. The van der Waals surface area contributed by atoms with E-state index in [-0.39, 0.29) is 17.1 Å². The molecule has 0 bridgehead atoms. The lowest BCUT2D eigenvalue weighted by atomic mass is 10.2. The monoisotopic (exact) mass is 315 g/mol. The van der Waals surface area contributed by atoms with Gasteiger partial charge in [-0.05, 0) is 28.7 Å². The minimum absolute atomic E-state index is 0.0442. The summed E-state index contributed by atoms with van der Waals surface area (Å²) in [7, 11) is 1.40. The van der Waals surface area contributed by atoms with Crippen LogP contribution in [0.4, 0.5) is 8.78 Å². The Hall–Kier alpha value is -0.500. The normalized spacial score (nSPS) is 10.7. The number of methoxy groups -OCH3 is 1. The lowest BCUT2D eigenvalue weighted by Crippen LogP contribution is -2.02. The predicted molar refractivity (Wildman–Crippen MR) is 54.4 cm³/mol. The molecule has 78 valence electrons. The predicted octanol–water partition coefficient (Wildman–Crippen LogP) is 2.12. The van der Waals surface area contributed by atoms with E-state index in [1.807, 2.05) is 22.6 Å². The third-order valence-electron chi connectivity index (χ3n) is 1.63. The van der Waals surface area contributed by atoms with Crippen molar-refractivity contribution >= 4 is 22.6 Å². The topological polar surface area (TPSA) is 42.4 Å². The summed E-state index contributed by atoms with van der Waals surface area (Å²) in [4.78, 5) is 3.77. The molecule has 1 aromatic heterocycles. The molecule has 0 saturated heterocycles. The van der Waals surface area contributed by atoms with Crippen molar-refractivity contribution in [3.8, 4) is 5.88 Å². The smallest absolute Gasteiger partial charge is 0.265 e. The summed E-state index contributed by atoms with van der Waals surface area (Å²) >= 11 is 1.85. The second kappa shape index (κ2) is 4.83. The van der Waals surface area contributed by atoms with Crippen molar-refractivity contribution in [2.75, 3.05) is 7.11 Å². The van der Waals surface area contributed by atoms with E-state index in [9.17, 15) is 8.78 Å². The van der Waals surface area contributed by atoms with E-state index in [0.29, 0.717) is 3.57 Å². The quantitative estimate of drug-likeness (QED) is 0.869. The highest BCUT2D eigenvalue weighted by atomic mass is 127. The van der Waals surface area contributed by atoms with Crippen LogP contribution in [-0.4, -0.2) is 17.2 Å². The maximum atomic E-state index is 12.4. The first kappa shape index (κ1) is 11.6. The molecule has 0 aliphatic heterocycles. The molecule has 14 heavy (non-hydrogen) atoms. The van der Waals surface area contributed by atoms with Crippen molar-refractivity contribution in [2.24, 2.45) is 0 Å². The number of pyridine rings is 1. The summed E-state index contributed by atoms with van der Waals surface area (Å²) in [5, 5.41) is 8.82. The van der Waals surface area contributed by atoms with Crippen molar-refractivity contribution in [3.63, 3.8) is 0 Å². The number of rotatable bonds is 3. The fraction of sp³-hybridized carbons (Fsp3) is 0.375. The fourth-order valence-electron chi connectivity index (χ4n) is 0.981. The maximum absolute atomic E-state index is 12.4. The van der Waals surface area contributed by atoms with E-state index in [2.05, 4.69) is 4.98 Å². The van der Waals surface area contributed by atoms with Crippen molar-refractivity contribution in [2.45, 2.75) is 13.0 Å². The van der Waals surface area contributed by atoms with Crippen molar-refractivity contribution in [3.05, 3.63) is 20.9 Å². The molecule has 0 fully saturated rings. The van der Waals surface area contributed by atoms with E-state index in [0.717, 1.165) is 0 Å². The lowest BCUT2D eigenvalue weighted by Gasteiger charge is -2.09. The van der Waals surface area contributed by atoms with Gasteiger partial charge < -0.3 is 9.84 Å². The van der Waals surface area contributed by atoms with Crippen LogP contribution in [0.2, 0.25) is 0 Å². The van der Waals surface area contributed by atoms with Crippen LogP contribution in [0.15, 0.2) is 6.07 Å². The number of halogens is 3. The SMILES string of the molecule is COc1nc(CO)c(C(F)F)cc1I. The Kier molecular flexibility index (Phi) is 3.99. The van der Waals surface area contributed by atoms with Gasteiger partial charge in [-0.25, -0.2) is 13.8 Å². The van der Waals surface area contributed by atoms with Gasteiger partial charge in [0.1, 0.15) is 0 Å². The fourth-order valence-corrected chi connectivity index (χ4v) is 1.66. The first-order chi connectivity index (χ1) is 6.60. The Labute approximate surface area is 93.2 Å². The van der Waals surface area contributed by atoms with E-state index >= 15 is 0 Å². The molecule has 0 aliphatic carbocycles. The van der Waals surface area contributed by atoms with Gasteiger partial charge in [0.25, 0.3) is 6.43 Å². The number of alkyl halides is 2. The van der Waals surface area contributed by atoms with E-state index < -0.39 is 13.0 Å². The van der Waals surface area contributed by atoms with Crippen LogP contribution in [0.25, 0.3) is 0 Å². The van der Waals surface area contributed by atoms with Crippen LogP contribution in [-0.2, 0) is 6.61 Å². The first-order valence-electron chi connectivity index (χ1n) is 3.72. The van der Waals surface area contributed by atoms with Gasteiger partial charge in [0, 0.05) is 5.56 Å². The van der Waals surface area contributed by atoms with E-state index in [4.69, 9.17) is 9.84 Å². The van der Waals surface area contributed by atoms with Gasteiger partial charge in [-0.2, -0.15) is 0 Å². The van der Waals surface area contributed by atoms with Gasteiger partial charge in [-0.15, -0.1) is 0 Å². The Morgan fingerprint density at radius 1 is 1.64 bits per heavy atom. The van der Waals surface area contributed by atoms with Gasteiger partial charge in [0.2, 0.25) is 5.88 Å². The third-order valence-corrected chi connectivity index (χ3v) is 2.41. The Balaban J connectivity index is 3.24. The Morgan fingerprint density at radius 2 is 2.29 bits per heavy atom. The molecule has 0 aliphatic rings. The zero-order valence-corrected chi connectivity index (χ0v) is 9.46. The average Bonchev–Trinajstić information content (AvgIpc) is 2.17. The molecule has 1 N–H and O–H groups in total. The summed E-state index contributed by atoms with van der Waals surface area (Å²) in [6.45, 7) is -0.521. The van der Waals surface area contributed by atoms with Crippen LogP contribution in [0.1, 0.15) is 17.7 Å². The highest BCUT2D eigenvalue weighted by Crippen LogP contribution is 2.28. The van der Waals surface area contributed by atoms with Crippen LogP contribution < -0.4 is 4.74 Å². The molecule has 1 aromatic rings. The summed E-state index contributed by atoms with van der Waals surface area (Å²) in [6, 6.07) is 1.27. The largest absolute Gasteiger partial charge is 0.480 e. The molecular weight excluding hydrogens is 307 g/mol.